The topological polar surface area (TPSA) is 83.1 Å². The van der Waals surface area contributed by atoms with E-state index in [-0.39, 0.29) is 5.97 Å². The monoisotopic (exact) mass is 329 g/mol. The molecule has 1 aliphatic rings. The average molecular weight is 329 g/mol. The number of carbonyl (C=O) groups is 1. The molecule has 1 fully saturated rings. The predicted molar refractivity (Wildman–Crippen MR) is 92.9 cm³/mol. The average Bonchev–Trinajstić information content (AvgIpc) is 3.00. The summed E-state index contributed by atoms with van der Waals surface area (Å²) in [6.07, 6.45) is 9.58. The fourth-order valence-electron chi connectivity index (χ4n) is 2.94. The highest BCUT2D eigenvalue weighted by Crippen LogP contribution is 2.20. The third kappa shape index (κ3) is 3.50. The van der Waals surface area contributed by atoms with Gasteiger partial charge in [0.1, 0.15) is 16.9 Å². The molecule has 1 aliphatic heterocycles. The highest BCUT2D eigenvalue weighted by Gasteiger charge is 2.19. The molecule has 3 rings (SSSR count). The Hall–Kier alpha value is -2.57. The van der Waals surface area contributed by atoms with Crippen molar-refractivity contribution in [1.29, 1.82) is 0 Å². The minimum atomic E-state index is -0.380. The lowest BCUT2D eigenvalue weighted by molar-refractivity contribution is 0.0528. The molecule has 2 aromatic rings. The smallest absolute Gasteiger partial charge is 0.341 e. The molecule has 24 heavy (non-hydrogen) atoms. The zero-order valence-electron chi connectivity index (χ0n) is 14.1. The summed E-state index contributed by atoms with van der Waals surface area (Å²) in [5, 5.41) is 3.43. The van der Waals surface area contributed by atoms with Crippen LogP contribution in [0.5, 0.6) is 0 Å². The van der Waals surface area contributed by atoms with Gasteiger partial charge in [0.2, 0.25) is 0 Å². The summed E-state index contributed by atoms with van der Waals surface area (Å²) in [5.41, 5.74) is 1.56. The lowest BCUT2D eigenvalue weighted by Crippen LogP contribution is -2.36. The van der Waals surface area contributed by atoms with Crippen LogP contribution in [0.4, 0.5) is 5.82 Å². The number of likely N-dealkylation sites (tertiary alicyclic amines) is 1. The number of nitrogens with one attached hydrogen (secondary N) is 2. The molecule has 2 N–H and O–H groups in total. The molecule has 0 aromatic carbocycles. The molecule has 0 radical (unpaired) electrons. The quantitative estimate of drug-likeness (QED) is 0.820. The van der Waals surface area contributed by atoms with Crippen molar-refractivity contribution in [3.8, 4) is 0 Å². The van der Waals surface area contributed by atoms with E-state index in [0.29, 0.717) is 35.2 Å². The van der Waals surface area contributed by atoms with Crippen molar-refractivity contribution in [3.63, 3.8) is 0 Å². The number of nitrogens with zero attached hydrogens (tertiary/aromatic N) is 3. The first kappa shape index (κ1) is 16.3. The number of ether oxygens (including phenoxy) is 1. The van der Waals surface area contributed by atoms with Crippen molar-refractivity contribution < 1.29 is 9.53 Å². The standard InChI is InChI=1S/C17H23N5O2/c1-3-7-22-8-5-12(6-9-22)20-14-11-19-16-15(21-14)13(10-18-16)17(23)24-4-2/h3,7,10-12H,4-6,8-9H2,1-2H3,(H,18,19)(H,20,21). The van der Waals surface area contributed by atoms with Gasteiger partial charge in [-0.2, -0.15) is 0 Å². The van der Waals surface area contributed by atoms with Crippen molar-refractivity contribution in [2.24, 2.45) is 0 Å². The minimum absolute atomic E-state index is 0.335. The van der Waals surface area contributed by atoms with E-state index < -0.39 is 0 Å². The van der Waals surface area contributed by atoms with Crippen LogP contribution in [-0.4, -0.2) is 51.6 Å². The van der Waals surface area contributed by atoms with Gasteiger partial charge in [0.15, 0.2) is 5.65 Å². The van der Waals surface area contributed by atoms with Crippen LogP contribution >= 0.6 is 0 Å². The molecule has 128 valence electrons. The number of rotatable bonds is 5. The zero-order chi connectivity index (χ0) is 16.9. The number of fused-ring (bicyclic) bond motifs is 1. The van der Waals surface area contributed by atoms with E-state index in [1.807, 2.05) is 6.92 Å². The van der Waals surface area contributed by atoms with Crippen LogP contribution in [0.2, 0.25) is 0 Å². The maximum absolute atomic E-state index is 12.0. The summed E-state index contributed by atoms with van der Waals surface area (Å²) in [6, 6.07) is 0.364. The number of H-pyrrole nitrogens is 1. The van der Waals surface area contributed by atoms with E-state index in [9.17, 15) is 4.79 Å². The number of aromatic amines is 1. The number of hydrogen-bond acceptors (Lipinski definition) is 6. The largest absolute Gasteiger partial charge is 0.462 e. The van der Waals surface area contributed by atoms with Gasteiger partial charge in [-0.1, -0.05) is 6.08 Å². The van der Waals surface area contributed by atoms with Gasteiger partial charge in [-0.15, -0.1) is 0 Å². The van der Waals surface area contributed by atoms with Crippen molar-refractivity contribution >= 4 is 23.0 Å². The normalized spacial score (nSPS) is 16.0. The van der Waals surface area contributed by atoms with Crippen LogP contribution in [0.15, 0.2) is 24.7 Å². The second kappa shape index (κ2) is 7.33. The summed E-state index contributed by atoms with van der Waals surface area (Å²) < 4.78 is 5.06. The van der Waals surface area contributed by atoms with Gasteiger partial charge < -0.3 is 19.9 Å². The summed E-state index contributed by atoms with van der Waals surface area (Å²) in [7, 11) is 0. The van der Waals surface area contributed by atoms with Crippen LogP contribution in [0.3, 0.4) is 0 Å². The summed E-state index contributed by atoms with van der Waals surface area (Å²) in [4.78, 5) is 26.2. The highest BCUT2D eigenvalue weighted by atomic mass is 16.5. The van der Waals surface area contributed by atoms with E-state index in [1.165, 1.54) is 0 Å². The molecule has 0 saturated carbocycles. The number of allylic oxidation sites excluding steroid dienone is 1. The molecule has 0 aliphatic carbocycles. The second-order valence-electron chi connectivity index (χ2n) is 5.81. The molecule has 0 unspecified atom stereocenters. The highest BCUT2D eigenvalue weighted by molar-refractivity contribution is 6.01. The van der Waals surface area contributed by atoms with Crippen LogP contribution < -0.4 is 5.32 Å². The zero-order valence-corrected chi connectivity index (χ0v) is 14.1. The molecule has 0 bridgehead atoms. The maximum atomic E-state index is 12.0. The Labute approximate surface area is 141 Å². The molecular formula is C17H23N5O2. The SMILES string of the molecule is CC=CN1CCC(Nc2cnc3[nH]cc(C(=O)OCC)c3n2)CC1. The Balaban J connectivity index is 1.71. The third-order valence-electron chi connectivity index (χ3n) is 4.12. The molecule has 0 amide bonds. The molecule has 1 saturated heterocycles. The van der Waals surface area contributed by atoms with Crippen molar-refractivity contribution in [3.05, 3.63) is 30.2 Å². The fourth-order valence-corrected chi connectivity index (χ4v) is 2.94. The maximum Gasteiger partial charge on any atom is 0.341 e. The Kier molecular flexibility index (Phi) is 4.98. The van der Waals surface area contributed by atoms with Gasteiger partial charge in [0, 0.05) is 25.3 Å². The van der Waals surface area contributed by atoms with Gasteiger partial charge >= 0.3 is 5.97 Å². The van der Waals surface area contributed by atoms with Gasteiger partial charge in [0.05, 0.1) is 12.8 Å². The van der Waals surface area contributed by atoms with Crippen LogP contribution in [-0.2, 0) is 4.74 Å². The van der Waals surface area contributed by atoms with Crippen molar-refractivity contribution in [2.45, 2.75) is 32.7 Å². The van der Waals surface area contributed by atoms with Crippen molar-refractivity contribution in [2.75, 3.05) is 25.0 Å². The van der Waals surface area contributed by atoms with E-state index >= 15 is 0 Å². The molecular weight excluding hydrogens is 306 g/mol. The number of carbonyl (C=O) groups excluding carboxylic acids is 1. The predicted octanol–water partition coefficient (Wildman–Crippen LogP) is 2.54. The third-order valence-corrected chi connectivity index (χ3v) is 4.12. The Bertz CT molecular complexity index is 732. The van der Waals surface area contributed by atoms with E-state index in [0.717, 1.165) is 25.9 Å². The number of hydrogen-bond donors (Lipinski definition) is 2. The van der Waals surface area contributed by atoms with Crippen LogP contribution in [0.1, 0.15) is 37.0 Å². The van der Waals surface area contributed by atoms with Gasteiger partial charge in [0.25, 0.3) is 0 Å². The number of piperidine rings is 1. The Morgan fingerprint density at radius 2 is 2.29 bits per heavy atom. The number of aromatic nitrogens is 3. The van der Waals surface area contributed by atoms with E-state index in [1.54, 1.807) is 19.3 Å². The Morgan fingerprint density at radius 3 is 3.00 bits per heavy atom. The number of anilines is 1. The van der Waals surface area contributed by atoms with E-state index in [2.05, 4.69) is 37.4 Å². The molecule has 7 nitrogen and oxygen atoms in total. The minimum Gasteiger partial charge on any atom is -0.462 e. The molecule has 0 atom stereocenters. The first-order valence-corrected chi connectivity index (χ1v) is 8.36. The molecule has 3 heterocycles. The van der Waals surface area contributed by atoms with Crippen molar-refractivity contribution in [1.82, 2.24) is 19.9 Å². The summed E-state index contributed by atoms with van der Waals surface area (Å²) in [6.45, 7) is 6.20. The van der Waals surface area contributed by atoms with Gasteiger partial charge in [-0.25, -0.2) is 14.8 Å². The van der Waals surface area contributed by atoms with Gasteiger partial charge in [-0.3, -0.25) is 0 Å². The lowest BCUT2D eigenvalue weighted by atomic mass is 10.1. The Morgan fingerprint density at radius 1 is 1.50 bits per heavy atom. The van der Waals surface area contributed by atoms with Gasteiger partial charge in [-0.05, 0) is 32.9 Å². The molecule has 7 heteroatoms. The summed E-state index contributed by atoms with van der Waals surface area (Å²) in [5.74, 6) is 0.312. The first-order valence-electron chi connectivity index (χ1n) is 8.36. The van der Waals surface area contributed by atoms with Crippen LogP contribution in [0, 0.1) is 0 Å². The fraction of sp³-hybridized carbons (Fsp3) is 0.471. The lowest BCUT2D eigenvalue weighted by Gasteiger charge is -2.31. The van der Waals surface area contributed by atoms with Crippen LogP contribution in [0.25, 0.3) is 11.2 Å². The summed E-state index contributed by atoms with van der Waals surface area (Å²) >= 11 is 0. The molecule has 2 aromatic heterocycles. The molecule has 0 spiro atoms. The van der Waals surface area contributed by atoms with E-state index in [4.69, 9.17) is 4.74 Å². The second-order valence-corrected chi connectivity index (χ2v) is 5.81. The number of esters is 1. The first-order chi connectivity index (χ1) is 11.7.